The van der Waals surface area contributed by atoms with E-state index < -0.39 is 6.17 Å². The highest BCUT2D eigenvalue weighted by molar-refractivity contribution is 5.03. The Hall–Kier alpha value is -0.900. The number of nitrogens with zero attached hydrogens (tertiary/aromatic N) is 2. The minimum atomic E-state index is -0.673. The SMILES string of the molecule is Cn1cc(CCC(F)C2CCCNC2)cn1. The predicted octanol–water partition coefficient (Wildman–Crippen LogP) is 1.69. The number of hydrogen-bond donors (Lipinski definition) is 1. The molecular formula is C12H20FN3. The van der Waals surface area contributed by atoms with Crippen molar-refractivity contribution in [1.29, 1.82) is 0 Å². The van der Waals surface area contributed by atoms with Gasteiger partial charge in [-0.25, -0.2) is 4.39 Å². The Balaban J connectivity index is 1.76. The number of aryl methyl sites for hydroxylation is 2. The van der Waals surface area contributed by atoms with Crippen LogP contribution in [0.5, 0.6) is 0 Å². The standard InChI is InChI=1S/C12H20FN3/c1-16-9-10(7-15-16)4-5-12(13)11-3-2-6-14-8-11/h7,9,11-12,14H,2-6,8H2,1H3. The van der Waals surface area contributed by atoms with E-state index in [0.29, 0.717) is 6.42 Å². The van der Waals surface area contributed by atoms with E-state index >= 15 is 0 Å². The van der Waals surface area contributed by atoms with E-state index in [1.54, 1.807) is 4.68 Å². The van der Waals surface area contributed by atoms with Crippen molar-refractivity contribution in [1.82, 2.24) is 15.1 Å². The lowest BCUT2D eigenvalue weighted by Crippen LogP contribution is -2.35. The van der Waals surface area contributed by atoms with E-state index in [0.717, 1.165) is 37.9 Å². The zero-order chi connectivity index (χ0) is 11.4. The molecule has 2 rings (SSSR count). The molecule has 0 bridgehead atoms. The third-order valence-corrected chi connectivity index (χ3v) is 3.31. The molecule has 0 spiro atoms. The first-order valence-corrected chi connectivity index (χ1v) is 6.08. The number of piperidine rings is 1. The smallest absolute Gasteiger partial charge is 0.104 e. The van der Waals surface area contributed by atoms with Crippen molar-refractivity contribution in [3.8, 4) is 0 Å². The Morgan fingerprint density at radius 2 is 2.56 bits per heavy atom. The molecule has 1 aliphatic heterocycles. The van der Waals surface area contributed by atoms with Crippen molar-refractivity contribution in [2.45, 2.75) is 31.9 Å². The second-order valence-electron chi connectivity index (χ2n) is 4.68. The minimum Gasteiger partial charge on any atom is -0.316 e. The van der Waals surface area contributed by atoms with Crippen molar-refractivity contribution < 1.29 is 4.39 Å². The van der Waals surface area contributed by atoms with Crippen LogP contribution in [-0.2, 0) is 13.5 Å². The highest BCUT2D eigenvalue weighted by atomic mass is 19.1. The van der Waals surface area contributed by atoms with Crippen LogP contribution in [-0.4, -0.2) is 29.0 Å². The average molecular weight is 225 g/mol. The molecule has 1 aromatic heterocycles. The molecule has 1 saturated heterocycles. The van der Waals surface area contributed by atoms with Gasteiger partial charge in [-0.15, -0.1) is 0 Å². The average Bonchev–Trinajstić information content (AvgIpc) is 2.73. The quantitative estimate of drug-likeness (QED) is 0.845. The van der Waals surface area contributed by atoms with Gasteiger partial charge in [0.05, 0.1) is 6.20 Å². The first-order chi connectivity index (χ1) is 7.75. The van der Waals surface area contributed by atoms with Crippen molar-refractivity contribution in [2.75, 3.05) is 13.1 Å². The molecule has 2 unspecified atom stereocenters. The molecule has 0 amide bonds. The fourth-order valence-corrected chi connectivity index (χ4v) is 2.33. The first-order valence-electron chi connectivity index (χ1n) is 6.08. The van der Waals surface area contributed by atoms with Gasteiger partial charge in [-0.3, -0.25) is 4.68 Å². The molecule has 90 valence electrons. The molecule has 3 nitrogen and oxygen atoms in total. The number of nitrogens with one attached hydrogen (secondary N) is 1. The normalized spacial score (nSPS) is 23.2. The van der Waals surface area contributed by atoms with Crippen LogP contribution in [0, 0.1) is 5.92 Å². The Labute approximate surface area is 96.0 Å². The summed E-state index contributed by atoms with van der Waals surface area (Å²) in [4.78, 5) is 0. The summed E-state index contributed by atoms with van der Waals surface area (Å²) in [5.74, 6) is 0.213. The largest absolute Gasteiger partial charge is 0.316 e. The molecule has 1 N–H and O–H groups in total. The third-order valence-electron chi connectivity index (χ3n) is 3.31. The first kappa shape index (κ1) is 11.6. The van der Waals surface area contributed by atoms with Crippen LogP contribution >= 0.6 is 0 Å². The number of alkyl halides is 1. The monoisotopic (exact) mass is 225 g/mol. The second-order valence-corrected chi connectivity index (χ2v) is 4.68. The van der Waals surface area contributed by atoms with Gasteiger partial charge in [0.15, 0.2) is 0 Å². The molecule has 0 saturated carbocycles. The van der Waals surface area contributed by atoms with Crippen LogP contribution < -0.4 is 5.32 Å². The predicted molar refractivity (Wildman–Crippen MR) is 62.0 cm³/mol. The van der Waals surface area contributed by atoms with Crippen LogP contribution in [0.2, 0.25) is 0 Å². The van der Waals surface area contributed by atoms with Gasteiger partial charge in [-0.1, -0.05) is 0 Å². The van der Waals surface area contributed by atoms with Crippen molar-refractivity contribution in [2.24, 2.45) is 13.0 Å². The molecule has 16 heavy (non-hydrogen) atoms. The Morgan fingerprint density at radius 3 is 3.19 bits per heavy atom. The summed E-state index contributed by atoms with van der Waals surface area (Å²) in [5, 5.41) is 7.35. The van der Waals surface area contributed by atoms with Gasteiger partial charge in [0.25, 0.3) is 0 Å². The van der Waals surface area contributed by atoms with E-state index in [2.05, 4.69) is 10.4 Å². The van der Waals surface area contributed by atoms with Crippen molar-refractivity contribution in [3.63, 3.8) is 0 Å². The van der Waals surface area contributed by atoms with Gasteiger partial charge in [0.1, 0.15) is 6.17 Å². The molecule has 1 aromatic rings. The highest BCUT2D eigenvalue weighted by Gasteiger charge is 2.22. The van der Waals surface area contributed by atoms with Crippen LogP contribution in [0.15, 0.2) is 12.4 Å². The van der Waals surface area contributed by atoms with Crippen LogP contribution in [0.3, 0.4) is 0 Å². The number of halogens is 1. The van der Waals surface area contributed by atoms with Gasteiger partial charge in [0.2, 0.25) is 0 Å². The van der Waals surface area contributed by atoms with Gasteiger partial charge in [0, 0.05) is 25.7 Å². The number of rotatable bonds is 4. The number of aromatic nitrogens is 2. The van der Waals surface area contributed by atoms with Gasteiger partial charge in [-0.05, 0) is 37.8 Å². The van der Waals surface area contributed by atoms with E-state index in [4.69, 9.17) is 0 Å². The fourth-order valence-electron chi connectivity index (χ4n) is 2.33. The topological polar surface area (TPSA) is 29.9 Å². The minimum absolute atomic E-state index is 0.213. The maximum absolute atomic E-state index is 13.9. The summed E-state index contributed by atoms with van der Waals surface area (Å²) in [7, 11) is 1.89. The molecule has 2 atom stereocenters. The number of hydrogen-bond acceptors (Lipinski definition) is 2. The van der Waals surface area contributed by atoms with E-state index in [1.165, 1.54) is 0 Å². The van der Waals surface area contributed by atoms with Crippen molar-refractivity contribution >= 4 is 0 Å². The molecule has 1 fully saturated rings. The zero-order valence-electron chi connectivity index (χ0n) is 9.82. The maximum Gasteiger partial charge on any atom is 0.104 e. The lowest BCUT2D eigenvalue weighted by Gasteiger charge is -2.25. The molecule has 2 heterocycles. The Kier molecular flexibility index (Phi) is 3.93. The van der Waals surface area contributed by atoms with Crippen molar-refractivity contribution in [3.05, 3.63) is 18.0 Å². The molecule has 1 aliphatic rings. The summed E-state index contributed by atoms with van der Waals surface area (Å²) in [6, 6.07) is 0. The molecular weight excluding hydrogens is 205 g/mol. The Bertz CT molecular complexity index is 318. The molecule has 0 radical (unpaired) electrons. The van der Waals surface area contributed by atoms with Crippen LogP contribution in [0.4, 0.5) is 4.39 Å². The van der Waals surface area contributed by atoms with E-state index in [1.807, 2.05) is 19.4 Å². The fraction of sp³-hybridized carbons (Fsp3) is 0.750. The summed E-state index contributed by atoms with van der Waals surface area (Å²) >= 11 is 0. The van der Waals surface area contributed by atoms with Crippen LogP contribution in [0.1, 0.15) is 24.8 Å². The highest BCUT2D eigenvalue weighted by Crippen LogP contribution is 2.21. The Morgan fingerprint density at radius 1 is 1.69 bits per heavy atom. The summed E-state index contributed by atoms with van der Waals surface area (Å²) < 4.78 is 15.7. The summed E-state index contributed by atoms with van der Waals surface area (Å²) in [6.07, 6.45) is 6.67. The van der Waals surface area contributed by atoms with Crippen LogP contribution in [0.25, 0.3) is 0 Å². The second kappa shape index (κ2) is 5.43. The lowest BCUT2D eigenvalue weighted by molar-refractivity contribution is 0.181. The van der Waals surface area contributed by atoms with Gasteiger partial charge < -0.3 is 5.32 Å². The summed E-state index contributed by atoms with van der Waals surface area (Å²) in [6.45, 7) is 1.89. The van der Waals surface area contributed by atoms with Gasteiger partial charge in [-0.2, -0.15) is 5.10 Å². The maximum atomic E-state index is 13.9. The zero-order valence-corrected chi connectivity index (χ0v) is 9.82. The third kappa shape index (κ3) is 3.04. The summed E-state index contributed by atoms with van der Waals surface area (Å²) in [5.41, 5.74) is 1.13. The van der Waals surface area contributed by atoms with E-state index in [-0.39, 0.29) is 5.92 Å². The lowest BCUT2D eigenvalue weighted by atomic mass is 9.91. The molecule has 0 aliphatic carbocycles. The molecule has 4 heteroatoms. The molecule has 0 aromatic carbocycles. The van der Waals surface area contributed by atoms with Gasteiger partial charge >= 0.3 is 0 Å². The van der Waals surface area contributed by atoms with E-state index in [9.17, 15) is 4.39 Å².